The molecular weight excluding hydrogens is 306 g/mol. The van der Waals surface area contributed by atoms with E-state index in [1.54, 1.807) is 18.2 Å². The smallest absolute Gasteiger partial charge is 0.330 e. The van der Waals surface area contributed by atoms with Gasteiger partial charge in [-0.05, 0) is 31.2 Å². The lowest BCUT2D eigenvalue weighted by Crippen LogP contribution is -2.55. The van der Waals surface area contributed by atoms with Gasteiger partial charge in [0, 0.05) is 5.75 Å². The molecule has 0 bridgehead atoms. The number of para-hydroxylation sites is 2. The summed E-state index contributed by atoms with van der Waals surface area (Å²) in [4.78, 5) is 23.4. The Balaban J connectivity index is 1.94. The molecule has 1 amide bonds. The quantitative estimate of drug-likeness (QED) is 0.791. The average molecular weight is 325 g/mol. The van der Waals surface area contributed by atoms with Crippen LogP contribution in [0.5, 0.6) is 11.5 Å². The van der Waals surface area contributed by atoms with Gasteiger partial charge in [0.15, 0.2) is 18.1 Å². The summed E-state index contributed by atoms with van der Waals surface area (Å²) < 4.78 is 10.9. The summed E-state index contributed by atoms with van der Waals surface area (Å²) >= 11 is 1.52. The monoisotopic (exact) mass is 325 g/mol. The number of aliphatic carboxylic acids is 1. The number of nitrogens with one attached hydrogen (secondary N) is 1. The summed E-state index contributed by atoms with van der Waals surface area (Å²) in [5.74, 6) is 0.674. The lowest BCUT2D eigenvalue weighted by molar-refractivity contribution is -0.146. The van der Waals surface area contributed by atoms with Crippen LogP contribution in [-0.2, 0) is 9.59 Å². The van der Waals surface area contributed by atoms with Gasteiger partial charge in [0.1, 0.15) is 5.54 Å². The van der Waals surface area contributed by atoms with E-state index in [0.29, 0.717) is 30.3 Å². The van der Waals surface area contributed by atoms with Crippen LogP contribution in [0.3, 0.4) is 0 Å². The molecule has 0 aliphatic carbocycles. The Kier molecular flexibility index (Phi) is 5.54. The van der Waals surface area contributed by atoms with Gasteiger partial charge >= 0.3 is 5.97 Å². The zero-order chi connectivity index (χ0) is 16.0. The topological polar surface area (TPSA) is 84.9 Å². The number of amides is 1. The fourth-order valence-electron chi connectivity index (χ4n) is 2.18. The summed E-state index contributed by atoms with van der Waals surface area (Å²) in [5, 5.41) is 11.9. The molecule has 6 nitrogen and oxygen atoms in total. The third-order valence-electron chi connectivity index (χ3n) is 3.32. The number of carboxylic acid groups (broad SMARTS) is 1. The van der Waals surface area contributed by atoms with E-state index in [-0.39, 0.29) is 6.61 Å². The molecule has 0 aromatic heterocycles. The van der Waals surface area contributed by atoms with Crippen molar-refractivity contribution in [3.05, 3.63) is 24.3 Å². The highest BCUT2D eigenvalue weighted by atomic mass is 32.2. The van der Waals surface area contributed by atoms with Crippen LogP contribution in [0, 0.1) is 0 Å². The average Bonchev–Trinajstić information content (AvgIpc) is 2.96. The molecule has 1 fully saturated rings. The normalized spacial score (nSPS) is 20.4. The molecule has 120 valence electrons. The number of hydrogen-bond acceptors (Lipinski definition) is 5. The molecule has 1 aliphatic rings. The zero-order valence-corrected chi connectivity index (χ0v) is 13.1. The first-order chi connectivity index (χ1) is 10.6. The highest BCUT2D eigenvalue weighted by Crippen LogP contribution is 2.29. The maximum Gasteiger partial charge on any atom is 0.330 e. The van der Waals surface area contributed by atoms with Gasteiger partial charge in [-0.1, -0.05) is 12.1 Å². The summed E-state index contributed by atoms with van der Waals surface area (Å²) in [6.45, 7) is 2.10. The summed E-state index contributed by atoms with van der Waals surface area (Å²) in [6, 6.07) is 7.05. The van der Waals surface area contributed by atoms with E-state index in [1.165, 1.54) is 11.8 Å². The summed E-state index contributed by atoms with van der Waals surface area (Å²) in [5.41, 5.74) is -1.18. The van der Waals surface area contributed by atoms with Gasteiger partial charge in [0.05, 0.1) is 6.61 Å². The molecular formula is C15H19NO5S. The van der Waals surface area contributed by atoms with E-state index in [1.807, 2.05) is 13.0 Å². The largest absolute Gasteiger partial charge is 0.490 e. The number of benzene rings is 1. The number of carboxylic acids is 1. The van der Waals surface area contributed by atoms with Crippen LogP contribution in [0.25, 0.3) is 0 Å². The van der Waals surface area contributed by atoms with Gasteiger partial charge in [-0.2, -0.15) is 11.8 Å². The second-order valence-electron chi connectivity index (χ2n) is 4.91. The maximum atomic E-state index is 12.0. The molecule has 1 aliphatic heterocycles. The highest BCUT2D eigenvalue weighted by Gasteiger charge is 2.43. The molecule has 1 aromatic carbocycles. The zero-order valence-electron chi connectivity index (χ0n) is 12.3. The van der Waals surface area contributed by atoms with E-state index in [9.17, 15) is 14.7 Å². The van der Waals surface area contributed by atoms with Crippen LogP contribution in [0.1, 0.15) is 13.3 Å². The van der Waals surface area contributed by atoms with Crippen LogP contribution in [0.4, 0.5) is 0 Å². The van der Waals surface area contributed by atoms with Gasteiger partial charge in [0.2, 0.25) is 0 Å². The first-order valence-electron chi connectivity index (χ1n) is 7.04. The molecule has 0 spiro atoms. The SMILES string of the molecule is CCOc1ccccc1OCC(=O)NC1(C(=O)O)CCSC1. The van der Waals surface area contributed by atoms with Crippen LogP contribution in [0.15, 0.2) is 24.3 Å². The van der Waals surface area contributed by atoms with Gasteiger partial charge in [-0.15, -0.1) is 0 Å². The van der Waals surface area contributed by atoms with Gasteiger partial charge in [0.25, 0.3) is 5.91 Å². The second-order valence-corrected chi connectivity index (χ2v) is 6.01. The first-order valence-corrected chi connectivity index (χ1v) is 8.19. The van der Waals surface area contributed by atoms with Gasteiger partial charge < -0.3 is 19.9 Å². The Morgan fingerprint density at radius 3 is 2.55 bits per heavy atom. The third kappa shape index (κ3) is 3.85. The second kappa shape index (κ2) is 7.40. The van der Waals surface area contributed by atoms with E-state index >= 15 is 0 Å². The van der Waals surface area contributed by atoms with Crippen molar-refractivity contribution in [2.24, 2.45) is 0 Å². The summed E-state index contributed by atoms with van der Waals surface area (Å²) in [6.07, 6.45) is 0.425. The Hall–Kier alpha value is -1.89. The molecule has 1 atom stereocenters. The fourth-order valence-corrected chi connectivity index (χ4v) is 3.50. The number of rotatable bonds is 7. The maximum absolute atomic E-state index is 12.0. The number of thioether (sulfide) groups is 1. The van der Waals surface area contributed by atoms with E-state index in [4.69, 9.17) is 9.47 Å². The van der Waals surface area contributed by atoms with Crippen molar-refractivity contribution >= 4 is 23.6 Å². The van der Waals surface area contributed by atoms with Crippen molar-refractivity contribution in [2.45, 2.75) is 18.9 Å². The van der Waals surface area contributed by atoms with Crippen molar-refractivity contribution in [3.8, 4) is 11.5 Å². The molecule has 1 unspecified atom stereocenters. The molecule has 0 saturated carbocycles. The molecule has 2 rings (SSSR count). The molecule has 7 heteroatoms. The van der Waals surface area contributed by atoms with Crippen molar-refractivity contribution in [1.82, 2.24) is 5.32 Å². The number of ether oxygens (including phenoxy) is 2. The minimum absolute atomic E-state index is 0.246. The summed E-state index contributed by atoms with van der Waals surface area (Å²) in [7, 11) is 0. The first kappa shape index (κ1) is 16.5. The van der Waals surface area contributed by atoms with Crippen LogP contribution in [-0.4, -0.2) is 47.2 Å². The molecule has 1 heterocycles. The highest BCUT2D eigenvalue weighted by molar-refractivity contribution is 7.99. The predicted molar refractivity (Wildman–Crippen MR) is 83.6 cm³/mol. The predicted octanol–water partition coefficient (Wildman–Crippen LogP) is 1.54. The molecule has 22 heavy (non-hydrogen) atoms. The Morgan fingerprint density at radius 1 is 1.32 bits per heavy atom. The Bertz CT molecular complexity index is 542. The Labute approximate surface area is 133 Å². The van der Waals surface area contributed by atoms with E-state index < -0.39 is 17.4 Å². The minimum Gasteiger partial charge on any atom is -0.490 e. The van der Waals surface area contributed by atoms with Crippen LogP contribution in [0.2, 0.25) is 0 Å². The van der Waals surface area contributed by atoms with Crippen molar-refractivity contribution in [2.75, 3.05) is 24.7 Å². The number of carbonyl (C=O) groups excluding carboxylic acids is 1. The lowest BCUT2D eigenvalue weighted by Gasteiger charge is -2.24. The molecule has 1 saturated heterocycles. The molecule has 0 radical (unpaired) electrons. The Morgan fingerprint density at radius 2 is 2.00 bits per heavy atom. The van der Waals surface area contributed by atoms with Gasteiger partial charge in [-0.3, -0.25) is 4.79 Å². The van der Waals surface area contributed by atoms with Crippen molar-refractivity contribution in [1.29, 1.82) is 0 Å². The lowest BCUT2D eigenvalue weighted by atomic mass is 9.99. The standard InChI is InChI=1S/C15H19NO5S/c1-2-20-11-5-3-4-6-12(11)21-9-13(17)16-15(14(18)19)7-8-22-10-15/h3-6H,2,7-10H2,1H3,(H,16,17)(H,18,19). The minimum atomic E-state index is -1.18. The third-order valence-corrected chi connectivity index (χ3v) is 4.51. The van der Waals surface area contributed by atoms with Crippen LogP contribution >= 0.6 is 11.8 Å². The fraction of sp³-hybridized carbons (Fsp3) is 0.467. The van der Waals surface area contributed by atoms with Crippen molar-refractivity contribution in [3.63, 3.8) is 0 Å². The van der Waals surface area contributed by atoms with Crippen molar-refractivity contribution < 1.29 is 24.2 Å². The number of carbonyl (C=O) groups is 2. The van der Waals surface area contributed by atoms with Gasteiger partial charge in [-0.25, -0.2) is 4.79 Å². The van der Waals surface area contributed by atoms with E-state index in [2.05, 4.69) is 5.32 Å². The molecule has 1 aromatic rings. The van der Waals surface area contributed by atoms with E-state index in [0.717, 1.165) is 5.75 Å². The van der Waals surface area contributed by atoms with Crippen LogP contribution < -0.4 is 14.8 Å². The number of hydrogen-bond donors (Lipinski definition) is 2. The molecule has 2 N–H and O–H groups in total.